The van der Waals surface area contributed by atoms with E-state index in [9.17, 15) is 9.59 Å². The van der Waals surface area contributed by atoms with Crippen LogP contribution in [0.25, 0.3) is 0 Å². The summed E-state index contributed by atoms with van der Waals surface area (Å²) in [5.41, 5.74) is 1.35. The van der Waals surface area contributed by atoms with Gasteiger partial charge in [-0.2, -0.15) is 0 Å². The standard InChI is InChI=1S/C18H15ClN2O4/c19-14-8-12(4-5-13(14)18(23)20-11-2-3-11)21-17(22)10-1-6-15-16(7-10)25-9-24-15/h1,4-8,11H,2-3,9H2,(H,20,23)(H,21,22). The third-order valence-electron chi connectivity index (χ3n) is 4.02. The Morgan fingerprint density at radius 1 is 1.00 bits per heavy atom. The second-order valence-corrected chi connectivity index (χ2v) is 6.37. The summed E-state index contributed by atoms with van der Waals surface area (Å²) in [6, 6.07) is 10.0. The highest BCUT2D eigenvalue weighted by Crippen LogP contribution is 2.32. The second-order valence-electron chi connectivity index (χ2n) is 5.96. The molecule has 0 aromatic heterocycles. The number of rotatable bonds is 4. The summed E-state index contributed by atoms with van der Waals surface area (Å²) in [5, 5.41) is 5.94. The van der Waals surface area contributed by atoms with Gasteiger partial charge < -0.3 is 20.1 Å². The number of carbonyl (C=O) groups is 2. The van der Waals surface area contributed by atoms with Crippen molar-refractivity contribution < 1.29 is 19.1 Å². The van der Waals surface area contributed by atoms with Crippen molar-refractivity contribution in [2.45, 2.75) is 18.9 Å². The minimum Gasteiger partial charge on any atom is -0.454 e. The van der Waals surface area contributed by atoms with Gasteiger partial charge >= 0.3 is 0 Å². The number of fused-ring (bicyclic) bond motifs is 1. The van der Waals surface area contributed by atoms with Crippen molar-refractivity contribution in [2.24, 2.45) is 0 Å². The Morgan fingerprint density at radius 3 is 2.56 bits per heavy atom. The zero-order valence-corrected chi connectivity index (χ0v) is 13.9. The van der Waals surface area contributed by atoms with Gasteiger partial charge in [-0.15, -0.1) is 0 Å². The van der Waals surface area contributed by atoms with Crippen LogP contribution in [0, 0.1) is 0 Å². The lowest BCUT2D eigenvalue weighted by molar-refractivity contribution is 0.0950. The number of nitrogens with one attached hydrogen (secondary N) is 2. The molecule has 1 fully saturated rings. The van der Waals surface area contributed by atoms with Crippen molar-refractivity contribution in [2.75, 3.05) is 12.1 Å². The van der Waals surface area contributed by atoms with E-state index < -0.39 is 0 Å². The van der Waals surface area contributed by atoms with Gasteiger partial charge in [0.1, 0.15) is 0 Å². The summed E-state index contributed by atoms with van der Waals surface area (Å²) in [6.45, 7) is 0.153. The van der Waals surface area contributed by atoms with Crippen molar-refractivity contribution in [1.82, 2.24) is 5.32 Å². The molecule has 2 aromatic carbocycles. The summed E-state index contributed by atoms with van der Waals surface area (Å²) in [6.07, 6.45) is 2.01. The predicted octanol–water partition coefficient (Wildman–Crippen LogP) is 3.21. The highest BCUT2D eigenvalue weighted by Gasteiger charge is 2.24. The monoisotopic (exact) mass is 358 g/mol. The van der Waals surface area contributed by atoms with Gasteiger partial charge in [0.2, 0.25) is 6.79 Å². The minimum atomic E-state index is -0.301. The molecule has 1 saturated carbocycles. The molecule has 2 amide bonds. The Hall–Kier alpha value is -2.73. The maximum absolute atomic E-state index is 12.4. The van der Waals surface area contributed by atoms with Crippen LogP contribution in [0.4, 0.5) is 5.69 Å². The highest BCUT2D eigenvalue weighted by molar-refractivity contribution is 6.34. The summed E-state index contributed by atoms with van der Waals surface area (Å²) < 4.78 is 10.5. The summed E-state index contributed by atoms with van der Waals surface area (Å²) >= 11 is 6.19. The van der Waals surface area contributed by atoms with E-state index in [1.54, 1.807) is 36.4 Å². The van der Waals surface area contributed by atoms with Gasteiger partial charge in [-0.05, 0) is 49.2 Å². The molecule has 1 heterocycles. The van der Waals surface area contributed by atoms with E-state index in [0.717, 1.165) is 12.8 Å². The first kappa shape index (κ1) is 15.8. The van der Waals surface area contributed by atoms with Crippen molar-refractivity contribution >= 4 is 29.1 Å². The fourth-order valence-electron chi connectivity index (χ4n) is 2.51. The molecule has 2 aromatic rings. The first-order chi connectivity index (χ1) is 12.1. The molecule has 1 aliphatic carbocycles. The number of halogens is 1. The lowest BCUT2D eigenvalue weighted by atomic mass is 10.1. The third kappa shape index (κ3) is 3.39. The topological polar surface area (TPSA) is 76.7 Å². The Labute approximate surface area is 149 Å². The van der Waals surface area contributed by atoms with Crippen LogP contribution < -0.4 is 20.1 Å². The van der Waals surface area contributed by atoms with Crippen LogP contribution in [-0.4, -0.2) is 24.6 Å². The summed E-state index contributed by atoms with van der Waals surface area (Å²) in [4.78, 5) is 24.4. The van der Waals surface area contributed by atoms with E-state index >= 15 is 0 Å². The van der Waals surface area contributed by atoms with Gasteiger partial charge in [-0.3, -0.25) is 9.59 Å². The first-order valence-corrected chi connectivity index (χ1v) is 8.29. The van der Waals surface area contributed by atoms with Crippen LogP contribution in [0.2, 0.25) is 5.02 Å². The van der Waals surface area contributed by atoms with Gasteiger partial charge in [0.05, 0.1) is 10.6 Å². The zero-order valence-electron chi connectivity index (χ0n) is 13.2. The Kier molecular flexibility index (Phi) is 3.97. The third-order valence-corrected chi connectivity index (χ3v) is 4.33. The fraction of sp³-hybridized carbons (Fsp3) is 0.222. The Balaban J connectivity index is 1.47. The quantitative estimate of drug-likeness (QED) is 0.879. The molecule has 7 heteroatoms. The molecule has 2 aliphatic rings. The number of hydrogen-bond acceptors (Lipinski definition) is 4. The van der Waals surface area contributed by atoms with E-state index in [2.05, 4.69) is 10.6 Å². The summed E-state index contributed by atoms with van der Waals surface area (Å²) in [7, 11) is 0. The molecule has 1 aliphatic heterocycles. The molecule has 0 spiro atoms. The van der Waals surface area contributed by atoms with Crippen LogP contribution in [-0.2, 0) is 0 Å². The molecule has 0 radical (unpaired) electrons. The normalized spacial score (nSPS) is 14.9. The molecule has 6 nitrogen and oxygen atoms in total. The van der Waals surface area contributed by atoms with Crippen LogP contribution in [0.3, 0.4) is 0 Å². The van der Waals surface area contributed by atoms with E-state index in [1.807, 2.05) is 0 Å². The predicted molar refractivity (Wildman–Crippen MR) is 92.5 cm³/mol. The van der Waals surface area contributed by atoms with Gasteiger partial charge in [0.25, 0.3) is 11.8 Å². The van der Waals surface area contributed by atoms with Crippen LogP contribution in [0.1, 0.15) is 33.6 Å². The number of benzene rings is 2. The van der Waals surface area contributed by atoms with Gasteiger partial charge in [-0.1, -0.05) is 11.6 Å². The van der Waals surface area contributed by atoms with Gasteiger partial charge in [-0.25, -0.2) is 0 Å². The first-order valence-electron chi connectivity index (χ1n) is 7.91. The van der Waals surface area contributed by atoms with Crippen molar-refractivity contribution in [1.29, 1.82) is 0 Å². The highest BCUT2D eigenvalue weighted by atomic mass is 35.5. The van der Waals surface area contributed by atoms with E-state index in [4.69, 9.17) is 21.1 Å². The van der Waals surface area contributed by atoms with Crippen LogP contribution in [0.5, 0.6) is 11.5 Å². The zero-order chi connectivity index (χ0) is 17.4. The maximum Gasteiger partial charge on any atom is 0.255 e. The molecule has 0 atom stereocenters. The SMILES string of the molecule is O=C(Nc1ccc(C(=O)NC2CC2)c(Cl)c1)c1ccc2c(c1)OCO2. The van der Waals surface area contributed by atoms with Crippen LogP contribution in [0.15, 0.2) is 36.4 Å². The van der Waals surface area contributed by atoms with E-state index in [1.165, 1.54) is 0 Å². The molecule has 0 unspecified atom stereocenters. The van der Waals surface area contributed by atoms with Crippen molar-refractivity contribution in [3.63, 3.8) is 0 Å². The molecule has 128 valence electrons. The van der Waals surface area contributed by atoms with E-state index in [-0.39, 0.29) is 24.6 Å². The van der Waals surface area contributed by atoms with E-state index in [0.29, 0.717) is 33.3 Å². The summed E-state index contributed by atoms with van der Waals surface area (Å²) in [5.74, 6) is 0.661. The number of hydrogen-bond donors (Lipinski definition) is 2. The number of anilines is 1. The number of amides is 2. The smallest absolute Gasteiger partial charge is 0.255 e. The van der Waals surface area contributed by atoms with Crippen molar-refractivity contribution in [3.05, 3.63) is 52.5 Å². The molecular formula is C18H15ClN2O4. The number of carbonyl (C=O) groups excluding carboxylic acids is 2. The Morgan fingerprint density at radius 2 is 1.80 bits per heavy atom. The lowest BCUT2D eigenvalue weighted by Crippen LogP contribution is -2.25. The molecule has 2 N–H and O–H groups in total. The second kappa shape index (κ2) is 6.29. The lowest BCUT2D eigenvalue weighted by Gasteiger charge is -2.09. The fourth-order valence-corrected chi connectivity index (χ4v) is 2.78. The van der Waals surface area contributed by atoms with Gasteiger partial charge in [0.15, 0.2) is 11.5 Å². The van der Waals surface area contributed by atoms with Gasteiger partial charge in [0, 0.05) is 17.3 Å². The molecule has 4 rings (SSSR count). The largest absolute Gasteiger partial charge is 0.454 e. The molecule has 0 saturated heterocycles. The number of ether oxygens (including phenoxy) is 2. The molecule has 25 heavy (non-hydrogen) atoms. The average molecular weight is 359 g/mol. The minimum absolute atomic E-state index is 0.153. The Bertz CT molecular complexity index is 864. The average Bonchev–Trinajstić information content (AvgIpc) is 3.27. The molecule has 0 bridgehead atoms. The van der Waals surface area contributed by atoms with Crippen LogP contribution >= 0.6 is 11.6 Å². The molecular weight excluding hydrogens is 344 g/mol. The maximum atomic E-state index is 12.4. The van der Waals surface area contributed by atoms with Crippen molar-refractivity contribution in [3.8, 4) is 11.5 Å².